The Hall–Kier alpha value is -2.20. The summed E-state index contributed by atoms with van der Waals surface area (Å²) in [5, 5.41) is 0. The van der Waals surface area contributed by atoms with Crippen LogP contribution in [0, 0.1) is 0 Å². The molecule has 10 heteroatoms. The average molecular weight is 371 g/mol. The van der Waals surface area contributed by atoms with E-state index in [1.54, 1.807) is 6.92 Å². The average Bonchev–Trinajstić information content (AvgIpc) is 2.55. The quantitative estimate of drug-likeness (QED) is 0.783. The predicted octanol–water partition coefficient (Wildman–Crippen LogP) is 1.47. The Morgan fingerprint density at radius 1 is 1.08 bits per heavy atom. The van der Waals surface area contributed by atoms with Gasteiger partial charge in [-0.05, 0) is 30.7 Å². The summed E-state index contributed by atoms with van der Waals surface area (Å²) in [5.74, 6) is 0.175. The topological polar surface area (TPSA) is 115 Å². The van der Waals surface area contributed by atoms with Gasteiger partial charge in [-0.2, -0.15) is 0 Å². The summed E-state index contributed by atoms with van der Waals surface area (Å²) < 4.78 is 56.0. The lowest BCUT2D eigenvalue weighted by atomic mass is 10.4. The van der Waals surface area contributed by atoms with Crippen molar-refractivity contribution in [3.8, 4) is 5.75 Å². The molecule has 1 heterocycles. The lowest BCUT2D eigenvalue weighted by molar-refractivity contribution is 0.413. The Balaban J connectivity index is 2.30. The van der Waals surface area contributed by atoms with Crippen molar-refractivity contribution in [2.24, 2.45) is 0 Å². The van der Waals surface area contributed by atoms with E-state index in [0.717, 1.165) is 0 Å². The minimum Gasteiger partial charge on any atom is -0.491 e. The van der Waals surface area contributed by atoms with Gasteiger partial charge in [-0.25, -0.2) is 26.8 Å². The van der Waals surface area contributed by atoms with Gasteiger partial charge in [0.25, 0.3) is 10.0 Å². The Labute approximate surface area is 140 Å². The number of nitrogens with one attached hydrogen (secondary N) is 1. The molecule has 0 bridgehead atoms. The molecule has 0 aliphatic rings. The Bertz CT molecular complexity index is 910. The lowest BCUT2D eigenvalue weighted by Crippen LogP contribution is -2.15. The fraction of sp³-hybridized carbons (Fsp3) is 0.286. The van der Waals surface area contributed by atoms with Crippen LogP contribution in [-0.2, 0) is 19.9 Å². The largest absolute Gasteiger partial charge is 0.491 e. The summed E-state index contributed by atoms with van der Waals surface area (Å²) in [7, 11) is -5.97. The van der Waals surface area contributed by atoms with Crippen LogP contribution < -0.4 is 9.46 Å². The van der Waals surface area contributed by atoms with Crippen molar-refractivity contribution in [3.05, 3.63) is 36.8 Å². The van der Waals surface area contributed by atoms with Crippen molar-refractivity contribution < 1.29 is 21.6 Å². The number of nitrogens with zero attached hydrogens (tertiary/aromatic N) is 2. The molecular weight excluding hydrogens is 354 g/mol. The zero-order valence-electron chi connectivity index (χ0n) is 13.1. The Morgan fingerprint density at radius 2 is 1.71 bits per heavy atom. The summed E-state index contributed by atoms with van der Waals surface area (Å²) >= 11 is 0. The zero-order valence-corrected chi connectivity index (χ0v) is 14.8. The van der Waals surface area contributed by atoms with E-state index < -0.39 is 19.9 Å². The van der Waals surface area contributed by atoms with Crippen molar-refractivity contribution in [3.63, 3.8) is 0 Å². The molecule has 1 N–H and O–H groups in total. The van der Waals surface area contributed by atoms with Crippen LogP contribution in [0.5, 0.6) is 5.75 Å². The first kappa shape index (κ1) is 18.1. The number of anilines is 1. The number of rotatable bonds is 7. The second-order valence-electron chi connectivity index (χ2n) is 4.84. The molecule has 8 nitrogen and oxygen atoms in total. The van der Waals surface area contributed by atoms with Gasteiger partial charge in [-0.1, -0.05) is 6.92 Å². The van der Waals surface area contributed by atoms with Crippen LogP contribution in [0.25, 0.3) is 0 Å². The molecular formula is C14H17N3O5S2. The van der Waals surface area contributed by atoms with Crippen molar-refractivity contribution in [1.82, 2.24) is 9.97 Å². The second-order valence-corrected chi connectivity index (χ2v) is 8.63. The van der Waals surface area contributed by atoms with Crippen molar-refractivity contribution in [2.75, 3.05) is 17.6 Å². The third-order valence-electron chi connectivity index (χ3n) is 3.10. The second kappa shape index (κ2) is 7.14. The van der Waals surface area contributed by atoms with Crippen molar-refractivity contribution in [1.29, 1.82) is 0 Å². The van der Waals surface area contributed by atoms with E-state index in [2.05, 4.69) is 14.7 Å². The van der Waals surface area contributed by atoms with Gasteiger partial charge in [-0.15, -0.1) is 0 Å². The molecule has 0 fully saturated rings. The highest BCUT2D eigenvalue weighted by molar-refractivity contribution is 7.92. The van der Waals surface area contributed by atoms with E-state index in [4.69, 9.17) is 4.74 Å². The number of ether oxygens (including phenoxy) is 1. The highest BCUT2D eigenvalue weighted by atomic mass is 32.2. The number of aromatic nitrogens is 2. The molecule has 0 saturated heterocycles. The molecule has 2 aromatic rings. The van der Waals surface area contributed by atoms with Gasteiger partial charge in [-0.3, -0.25) is 4.72 Å². The van der Waals surface area contributed by atoms with Crippen LogP contribution in [0.4, 0.5) is 5.82 Å². The molecule has 0 saturated carbocycles. The number of benzene rings is 1. The summed E-state index contributed by atoms with van der Waals surface area (Å²) in [5.41, 5.74) is 0. The highest BCUT2D eigenvalue weighted by Crippen LogP contribution is 2.23. The maximum absolute atomic E-state index is 12.4. The zero-order chi connectivity index (χ0) is 17.8. The number of hydrogen-bond acceptors (Lipinski definition) is 7. The molecule has 1 aromatic heterocycles. The molecule has 0 spiro atoms. The fourth-order valence-electron chi connectivity index (χ4n) is 1.94. The SMILES string of the molecule is CCCS(=O)(=O)c1ccc(S(=O)(=O)Nc2ncncc2OC)cc1. The summed E-state index contributed by atoms with van der Waals surface area (Å²) in [6, 6.07) is 5.02. The minimum absolute atomic E-state index is 0.00446. The maximum atomic E-state index is 12.4. The van der Waals surface area contributed by atoms with Crippen LogP contribution in [0.15, 0.2) is 46.6 Å². The van der Waals surface area contributed by atoms with E-state index in [0.29, 0.717) is 6.42 Å². The predicted molar refractivity (Wildman–Crippen MR) is 88.2 cm³/mol. The summed E-state index contributed by atoms with van der Waals surface area (Å²) in [4.78, 5) is 7.56. The Kier molecular flexibility index (Phi) is 5.40. The first-order valence-corrected chi connectivity index (χ1v) is 10.1. The van der Waals surface area contributed by atoms with E-state index in [-0.39, 0.29) is 27.1 Å². The van der Waals surface area contributed by atoms with Gasteiger partial charge in [0.05, 0.1) is 28.9 Å². The number of sulfone groups is 1. The standard InChI is InChI=1S/C14H17N3O5S2/c1-3-8-23(18,19)11-4-6-12(7-5-11)24(20,21)17-14-13(22-2)9-15-10-16-14/h4-7,9-10H,3,8H2,1-2H3,(H,15,16,17). The van der Waals surface area contributed by atoms with Crippen molar-refractivity contribution in [2.45, 2.75) is 23.1 Å². The number of hydrogen-bond donors (Lipinski definition) is 1. The molecule has 2 rings (SSSR count). The van der Waals surface area contributed by atoms with Gasteiger partial charge in [0.15, 0.2) is 21.4 Å². The molecule has 130 valence electrons. The van der Waals surface area contributed by atoms with Gasteiger partial charge < -0.3 is 4.74 Å². The molecule has 1 aromatic carbocycles. The molecule has 0 aliphatic carbocycles. The molecule has 0 atom stereocenters. The summed E-state index contributed by atoms with van der Waals surface area (Å²) in [6.07, 6.45) is 2.99. The van der Waals surface area contributed by atoms with Crippen LogP contribution in [0.3, 0.4) is 0 Å². The number of sulfonamides is 1. The van der Waals surface area contributed by atoms with Crippen LogP contribution in [0.1, 0.15) is 13.3 Å². The van der Waals surface area contributed by atoms with Crippen LogP contribution in [0.2, 0.25) is 0 Å². The Morgan fingerprint density at radius 3 is 2.29 bits per heavy atom. The van der Waals surface area contributed by atoms with Gasteiger partial charge in [0.2, 0.25) is 0 Å². The van der Waals surface area contributed by atoms with Gasteiger partial charge in [0.1, 0.15) is 6.33 Å². The molecule has 0 amide bonds. The van der Waals surface area contributed by atoms with Gasteiger partial charge in [0, 0.05) is 0 Å². The van der Waals surface area contributed by atoms with E-state index in [1.807, 2.05) is 0 Å². The third kappa shape index (κ3) is 4.01. The summed E-state index contributed by atoms with van der Waals surface area (Å²) in [6.45, 7) is 1.76. The van der Waals surface area contributed by atoms with E-state index in [9.17, 15) is 16.8 Å². The third-order valence-corrected chi connectivity index (χ3v) is 6.39. The first-order chi connectivity index (χ1) is 11.3. The van der Waals surface area contributed by atoms with Crippen molar-refractivity contribution >= 4 is 25.7 Å². The normalized spacial score (nSPS) is 11.9. The monoisotopic (exact) mass is 371 g/mol. The first-order valence-electron chi connectivity index (χ1n) is 7.00. The smallest absolute Gasteiger partial charge is 0.263 e. The van der Waals surface area contributed by atoms with E-state index >= 15 is 0 Å². The molecule has 24 heavy (non-hydrogen) atoms. The highest BCUT2D eigenvalue weighted by Gasteiger charge is 2.19. The van der Waals surface area contributed by atoms with Crippen LogP contribution >= 0.6 is 0 Å². The number of methoxy groups -OCH3 is 1. The minimum atomic E-state index is -3.94. The lowest BCUT2D eigenvalue weighted by Gasteiger charge is -2.10. The molecule has 0 aliphatic heterocycles. The van der Waals surface area contributed by atoms with Crippen LogP contribution in [-0.4, -0.2) is 39.7 Å². The van der Waals surface area contributed by atoms with E-state index in [1.165, 1.54) is 43.9 Å². The molecule has 0 radical (unpaired) electrons. The maximum Gasteiger partial charge on any atom is 0.263 e. The molecule has 0 unspecified atom stereocenters. The fourth-order valence-corrected chi connectivity index (χ4v) is 4.29. The van der Waals surface area contributed by atoms with Gasteiger partial charge >= 0.3 is 0 Å².